The van der Waals surface area contributed by atoms with Gasteiger partial charge < -0.3 is 19.9 Å². The molecule has 1 aliphatic rings. The molecule has 28 heavy (non-hydrogen) atoms. The summed E-state index contributed by atoms with van der Waals surface area (Å²) < 4.78 is 5.51. The number of anilines is 4. The summed E-state index contributed by atoms with van der Waals surface area (Å²) in [5, 5.41) is 3.33. The summed E-state index contributed by atoms with van der Waals surface area (Å²) in [6, 6.07) is 18.3. The Morgan fingerprint density at radius 1 is 0.893 bits per heavy atom. The summed E-state index contributed by atoms with van der Waals surface area (Å²) in [6.45, 7) is 5.72. The number of hydrogen-bond donors (Lipinski definition) is 1. The first-order valence-electron chi connectivity index (χ1n) is 9.53. The van der Waals surface area contributed by atoms with E-state index in [9.17, 15) is 0 Å². The van der Waals surface area contributed by atoms with Crippen LogP contribution in [0.4, 0.5) is 23.1 Å². The molecule has 0 atom stereocenters. The van der Waals surface area contributed by atoms with E-state index in [-0.39, 0.29) is 0 Å². The quantitative estimate of drug-likeness (QED) is 0.731. The summed E-state index contributed by atoms with van der Waals surface area (Å²) in [5.74, 6) is 2.49. The summed E-state index contributed by atoms with van der Waals surface area (Å²) in [5.41, 5.74) is 3.34. The van der Waals surface area contributed by atoms with Gasteiger partial charge in [0.05, 0.1) is 12.8 Å². The third-order valence-electron chi connectivity index (χ3n) is 5.06. The highest BCUT2D eigenvalue weighted by atomic mass is 16.5. The van der Waals surface area contributed by atoms with Crippen molar-refractivity contribution in [1.29, 1.82) is 0 Å². The van der Waals surface area contributed by atoms with E-state index >= 15 is 0 Å². The zero-order chi connectivity index (χ0) is 19.3. The fourth-order valence-electron chi connectivity index (χ4n) is 3.49. The Morgan fingerprint density at radius 2 is 1.61 bits per heavy atom. The fourth-order valence-corrected chi connectivity index (χ4v) is 3.49. The van der Waals surface area contributed by atoms with Crippen LogP contribution in [0.25, 0.3) is 0 Å². The van der Waals surface area contributed by atoms with Crippen LogP contribution >= 0.6 is 0 Å². The van der Waals surface area contributed by atoms with Crippen LogP contribution in [0.2, 0.25) is 0 Å². The maximum absolute atomic E-state index is 5.51. The highest BCUT2D eigenvalue weighted by Crippen LogP contribution is 2.29. The predicted molar refractivity (Wildman–Crippen MR) is 114 cm³/mol. The van der Waals surface area contributed by atoms with Crippen molar-refractivity contribution in [2.75, 3.05) is 48.4 Å². The van der Waals surface area contributed by atoms with Gasteiger partial charge in [-0.1, -0.05) is 30.3 Å². The van der Waals surface area contributed by atoms with Crippen molar-refractivity contribution in [3.63, 3.8) is 0 Å². The Bertz CT molecular complexity index is 937. The number of hydrogen-bond acceptors (Lipinski definition) is 6. The molecule has 6 nitrogen and oxygen atoms in total. The summed E-state index contributed by atoms with van der Waals surface area (Å²) in [4.78, 5) is 13.8. The van der Waals surface area contributed by atoms with Crippen molar-refractivity contribution < 1.29 is 4.74 Å². The van der Waals surface area contributed by atoms with Crippen LogP contribution in [0.1, 0.15) is 5.56 Å². The zero-order valence-corrected chi connectivity index (χ0v) is 16.3. The molecule has 0 bridgehead atoms. The molecule has 3 aromatic rings. The molecule has 2 aromatic carbocycles. The van der Waals surface area contributed by atoms with Gasteiger partial charge in [-0.25, -0.2) is 4.98 Å². The molecule has 0 saturated carbocycles. The van der Waals surface area contributed by atoms with E-state index in [1.165, 1.54) is 5.56 Å². The average Bonchev–Trinajstić information content (AvgIpc) is 2.76. The van der Waals surface area contributed by atoms with Crippen molar-refractivity contribution in [2.24, 2.45) is 0 Å². The Hall–Kier alpha value is -3.28. The SMILES string of the molecule is COc1ccccc1N1CCN(c2ccnc(Nc3ccccc3C)n2)CC1. The number of ether oxygens (including phenoxy) is 1. The molecule has 0 aliphatic carbocycles. The Balaban J connectivity index is 1.44. The van der Waals surface area contributed by atoms with Crippen molar-refractivity contribution in [3.8, 4) is 5.75 Å². The molecule has 1 fully saturated rings. The summed E-state index contributed by atoms with van der Waals surface area (Å²) >= 11 is 0. The Morgan fingerprint density at radius 3 is 2.39 bits per heavy atom. The van der Waals surface area contributed by atoms with Crippen molar-refractivity contribution in [1.82, 2.24) is 9.97 Å². The van der Waals surface area contributed by atoms with E-state index in [2.05, 4.69) is 45.2 Å². The van der Waals surface area contributed by atoms with Gasteiger partial charge in [-0.2, -0.15) is 4.98 Å². The van der Waals surface area contributed by atoms with Crippen LogP contribution in [0.15, 0.2) is 60.8 Å². The minimum absolute atomic E-state index is 0.624. The van der Waals surface area contributed by atoms with E-state index < -0.39 is 0 Å². The zero-order valence-electron chi connectivity index (χ0n) is 16.3. The number of nitrogens with zero attached hydrogens (tertiary/aromatic N) is 4. The van der Waals surface area contributed by atoms with Crippen LogP contribution in [0.5, 0.6) is 5.75 Å². The molecule has 1 N–H and O–H groups in total. The summed E-state index contributed by atoms with van der Waals surface area (Å²) in [6.07, 6.45) is 1.82. The van der Waals surface area contributed by atoms with Gasteiger partial charge in [0.15, 0.2) is 0 Å². The van der Waals surface area contributed by atoms with Gasteiger partial charge in [-0.05, 0) is 36.8 Å². The lowest BCUT2D eigenvalue weighted by Gasteiger charge is -2.37. The molecule has 1 saturated heterocycles. The third kappa shape index (κ3) is 3.86. The lowest BCUT2D eigenvalue weighted by Crippen LogP contribution is -2.47. The van der Waals surface area contributed by atoms with Gasteiger partial charge in [0.25, 0.3) is 0 Å². The van der Waals surface area contributed by atoms with Crippen LogP contribution in [0.3, 0.4) is 0 Å². The van der Waals surface area contributed by atoms with Gasteiger partial charge in [-0.15, -0.1) is 0 Å². The maximum Gasteiger partial charge on any atom is 0.229 e. The second kappa shape index (κ2) is 8.17. The smallest absolute Gasteiger partial charge is 0.229 e. The maximum atomic E-state index is 5.51. The summed E-state index contributed by atoms with van der Waals surface area (Å²) in [7, 11) is 1.72. The number of aromatic nitrogens is 2. The lowest BCUT2D eigenvalue weighted by molar-refractivity contribution is 0.413. The molecule has 0 spiro atoms. The van der Waals surface area contributed by atoms with E-state index in [1.54, 1.807) is 7.11 Å². The molecule has 1 aliphatic heterocycles. The monoisotopic (exact) mass is 375 g/mol. The first-order chi connectivity index (χ1) is 13.7. The molecule has 4 rings (SSSR count). The number of piperazine rings is 1. The van der Waals surface area contributed by atoms with Crippen LogP contribution in [-0.2, 0) is 0 Å². The van der Waals surface area contributed by atoms with Crippen molar-refractivity contribution >= 4 is 23.1 Å². The number of nitrogens with one attached hydrogen (secondary N) is 1. The predicted octanol–water partition coefficient (Wildman–Crippen LogP) is 3.86. The molecule has 144 valence electrons. The van der Waals surface area contributed by atoms with Gasteiger partial charge >= 0.3 is 0 Å². The molecule has 0 amide bonds. The first-order valence-corrected chi connectivity index (χ1v) is 9.53. The molecule has 2 heterocycles. The van der Waals surface area contributed by atoms with E-state index in [0.29, 0.717) is 5.95 Å². The molecule has 0 radical (unpaired) electrons. The Kier molecular flexibility index (Phi) is 5.28. The van der Waals surface area contributed by atoms with Crippen LogP contribution in [-0.4, -0.2) is 43.3 Å². The molecular weight excluding hydrogens is 350 g/mol. The number of benzene rings is 2. The van der Waals surface area contributed by atoms with Crippen LogP contribution < -0.4 is 19.9 Å². The lowest BCUT2D eigenvalue weighted by atomic mass is 10.2. The third-order valence-corrected chi connectivity index (χ3v) is 5.06. The normalized spacial score (nSPS) is 14.1. The highest BCUT2D eigenvalue weighted by Gasteiger charge is 2.20. The van der Waals surface area contributed by atoms with Gasteiger partial charge in [0.2, 0.25) is 5.95 Å². The molecular formula is C22H25N5O. The topological polar surface area (TPSA) is 53.5 Å². The average molecular weight is 375 g/mol. The highest BCUT2D eigenvalue weighted by molar-refractivity contribution is 5.61. The molecule has 6 heteroatoms. The second-order valence-electron chi connectivity index (χ2n) is 6.82. The molecule has 0 unspecified atom stereocenters. The molecule has 1 aromatic heterocycles. The number of para-hydroxylation sites is 3. The standard InChI is InChI=1S/C22H25N5O/c1-17-7-3-4-8-18(17)24-22-23-12-11-21(25-22)27-15-13-26(14-16-27)19-9-5-6-10-20(19)28-2/h3-12H,13-16H2,1-2H3,(H,23,24,25). The van der Waals surface area contributed by atoms with E-state index in [1.807, 2.05) is 42.6 Å². The number of rotatable bonds is 5. The van der Waals surface area contributed by atoms with E-state index in [4.69, 9.17) is 9.72 Å². The van der Waals surface area contributed by atoms with Gasteiger partial charge in [0, 0.05) is 38.1 Å². The Labute approximate surface area is 165 Å². The minimum atomic E-state index is 0.624. The van der Waals surface area contributed by atoms with Crippen LogP contribution in [0, 0.1) is 6.92 Å². The second-order valence-corrected chi connectivity index (χ2v) is 6.82. The fraction of sp³-hybridized carbons (Fsp3) is 0.273. The van der Waals surface area contributed by atoms with Crippen molar-refractivity contribution in [3.05, 3.63) is 66.4 Å². The number of methoxy groups -OCH3 is 1. The largest absolute Gasteiger partial charge is 0.495 e. The van der Waals surface area contributed by atoms with Crippen molar-refractivity contribution in [2.45, 2.75) is 6.92 Å². The first kappa shape index (κ1) is 18.1. The van der Waals surface area contributed by atoms with Gasteiger partial charge in [0.1, 0.15) is 11.6 Å². The van der Waals surface area contributed by atoms with E-state index in [0.717, 1.165) is 49.1 Å². The van der Waals surface area contributed by atoms with Gasteiger partial charge in [-0.3, -0.25) is 0 Å². The number of aryl methyl sites for hydroxylation is 1. The minimum Gasteiger partial charge on any atom is -0.495 e.